The molecule has 50 heavy (non-hydrogen) atoms. The molecule has 0 aliphatic carbocycles. The number of rotatable bonds is 16. The lowest BCUT2D eigenvalue weighted by Crippen LogP contribution is -2.66. The zero-order valence-corrected chi connectivity index (χ0v) is 29.0. The zero-order chi connectivity index (χ0) is 35.6. The number of carboxylic acids is 2. The summed E-state index contributed by atoms with van der Waals surface area (Å²) in [6.07, 6.45) is 2.97. The maximum atomic E-state index is 9.55. The van der Waals surface area contributed by atoms with Crippen LogP contribution in [0.1, 0.15) is 36.1 Å². The molecule has 5 rings (SSSR count). The fourth-order valence-corrected chi connectivity index (χ4v) is 6.36. The van der Waals surface area contributed by atoms with E-state index in [1.54, 1.807) is 0 Å². The van der Waals surface area contributed by atoms with E-state index in [1.165, 1.54) is 11.1 Å². The van der Waals surface area contributed by atoms with Gasteiger partial charge in [0, 0.05) is 51.2 Å². The number of nitrogens with one attached hydrogen (secondary N) is 1. The molecule has 1 unspecified atom stereocenters. The minimum Gasteiger partial charge on any atom is -0.485 e. The number of carbonyl (C=O) groups is 2. The van der Waals surface area contributed by atoms with E-state index < -0.39 is 11.9 Å². The molecule has 1 aliphatic rings. The van der Waals surface area contributed by atoms with E-state index in [9.17, 15) is 9.59 Å². The van der Waals surface area contributed by atoms with Gasteiger partial charge >= 0.3 is 11.9 Å². The number of hydrogen-bond acceptors (Lipinski definition) is 7. The SMILES string of the molecule is CCN(CC)C(Cc1ccccc1)(Cc1ccc(OCc2ccccc2)c(OCc2ccccc2)c1)N1CCNCC1.O=C(O)C=CC(=O)O. The van der Waals surface area contributed by atoms with E-state index in [1.807, 2.05) is 24.3 Å². The first-order valence-electron chi connectivity index (χ1n) is 17.2. The summed E-state index contributed by atoms with van der Waals surface area (Å²) in [6.45, 7) is 11.6. The topological polar surface area (TPSA) is 112 Å². The predicted molar refractivity (Wildman–Crippen MR) is 196 cm³/mol. The van der Waals surface area contributed by atoms with Crippen molar-refractivity contribution in [3.63, 3.8) is 0 Å². The fourth-order valence-electron chi connectivity index (χ4n) is 6.36. The van der Waals surface area contributed by atoms with Gasteiger partial charge in [-0.05, 0) is 47.5 Å². The Kier molecular flexibility index (Phi) is 15.1. The molecular weight excluding hydrogens is 630 g/mol. The van der Waals surface area contributed by atoms with Crippen molar-refractivity contribution in [1.82, 2.24) is 15.1 Å². The normalized spacial score (nSPS) is 14.4. The van der Waals surface area contributed by atoms with Gasteiger partial charge in [0.05, 0.1) is 5.66 Å². The van der Waals surface area contributed by atoms with Gasteiger partial charge in [0.1, 0.15) is 13.2 Å². The van der Waals surface area contributed by atoms with Crippen molar-refractivity contribution in [2.24, 2.45) is 0 Å². The summed E-state index contributed by atoms with van der Waals surface area (Å²) < 4.78 is 12.8. The van der Waals surface area contributed by atoms with E-state index in [0.29, 0.717) is 25.4 Å². The molecule has 0 spiro atoms. The van der Waals surface area contributed by atoms with Crippen LogP contribution in [0.3, 0.4) is 0 Å². The summed E-state index contributed by atoms with van der Waals surface area (Å²) in [7, 11) is 0. The second-order valence-electron chi connectivity index (χ2n) is 12.1. The number of ether oxygens (including phenoxy) is 2. The second kappa shape index (κ2) is 19.9. The predicted octanol–water partition coefficient (Wildman–Crippen LogP) is 6.28. The summed E-state index contributed by atoms with van der Waals surface area (Å²) >= 11 is 0. The van der Waals surface area contributed by atoms with Crippen LogP contribution in [0, 0.1) is 0 Å². The molecular formula is C41H49N3O6. The first-order valence-corrected chi connectivity index (χ1v) is 17.2. The Labute approximate surface area is 295 Å². The fraction of sp³-hybridized carbons (Fsp3) is 0.317. The van der Waals surface area contributed by atoms with Crippen LogP contribution < -0.4 is 14.8 Å². The number of hydrogen-bond donors (Lipinski definition) is 3. The first-order chi connectivity index (χ1) is 24.3. The minimum absolute atomic E-state index is 0.157. The van der Waals surface area contributed by atoms with Crippen LogP contribution >= 0.6 is 0 Å². The molecule has 9 heteroatoms. The van der Waals surface area contributed by atoms with Crippen LogP contribution in [0.4, 0.5) is 0 Å². The van der Waals surface area contributed by atoms with Crippen molar-refractivity contribution in [3.8, 4) is 11.5 Å². The monoisotopic (exact) mass is 679 g/mol. The molecule has 0 saturated carbocycles. The molecule has 0 radical (unpaired) electrons. The zero-order valence-electron chi connectivity index (χ0n) is 29.0. The molecule has 0 amide bonds. The number of aliphatic carboxylic acids is 2. The Balaban J connectivity index is 0.000000627. The van der Waals surface area contributed by atoms with Gasteiger partial charge in [-0.25, -0.2) is 9.59 Å². The van der Waals surface area contributed by atoms with Gasteiger partial charge in [0.25, 0.3) is 0 Å². The van der Waals surface area contributed by atoms with Crippen molar-refractivity contribution in [2.75, 3.05) is 39.3 Å². The molecule has 4 aromatic rings. The maximum absolute atomic E-state index is 9.55. The molecule has 264 valence electrons. The third-order valence-electron chi connectivity index (χ3n) is 8.73. The Morgan fingerprint density at radius 2 is 1.14 bits per heavy atom. The van der Waals surface area contributed by atoms with Crippen LogP contribution in [-0.4, -0.2) is 76.9 Å². The van der Waals surface area contributed by atoms with Crippen LogP contribution in [0.25, 0.3) is 0 Å². The Morgan fingerprint density at radius 3 is 1.62 bits per heavy atom. The average Bonchev–Trinajstić information content (AvgIpc) is 3.15. The summed E-state index contributed by atoms with van der Waals surface area (Å²) in [5.41, 5.74) is 4.74. The quantitative estimate of drug-likeness (QED) is 0.118. The van der Waals surface area contributed by atoms with E-state index in [-0.39, 0.29) is 5.66 Å². The highest BCUT2D eigenvalue weighted by molar-refractivity contribution is 5.89. The van der Waals surface area contributed by atoms with Crippen LogP contribution in [-0.2, 0) is 35.6 Å². The molecule has 1 atom stereocenters. The Morgan fingerprint density at radius 1 is 0.680 bits per heavy atom. The number of nitrogens with zero attached hydrogens (tertiary/aromatic N) is 2. The number of piperazine rings is 1. The van der Waals surface area contributed by atoms with Gasteiger partial charge in [-0.3, -0.25) is 9.80 Å². The smallest absolute Gasteiger partial charge is 0.328 e. The standard InChI is InChI=1S/C37H45N3O2.C4H4O4/c1-3-39(4-2)37(40-24-22-38-23-25-40,27-31-14-8-5-9-15-31)28-34-20-21-35(41-29-32-16-10-6-11-17-32)36(26-34)42-30-33-18-12-7-13-19-33;5-3(6)1-2-4(7)8/h5-21,26,38H,3-4,22-25,27-30H2,1-2H3;1-2H,(H,5,6)(H,7,8). The second-order valence-corrected chi connectivity index (χ2v) is 12.1. The van der Waals surface area contributed by atoms with Crippen LogP contribution in [0.2, 0.25) is 0 Å². The highest BCUT2D eigenvalue weighted by Crippen LogP contribution is 2.35. The van der Waals surface area contributed by atoms with Gasteiger partial charge in [-0.1, -0.05) is 111 Å². The van der Waals surface area contributed by atoms with Crippen molar-refractivity contribution >= 4 is 11.9 Å². The van der Waals surface area contributed by atoms with E-state index in [0.717, 1.165) is 74.7 Å². The van der Waals surface area contributed by atoms with E-state index >= 15 is 0 Å². The molecule has 3 N–H and O–H groups in total. The van der Waals surface area contributed by atoms with E-state index in [4.69, 9.17) is 19.7 Å². The third kappa shape index (κ3) is 11.6. The molecule has 4 aromatic carbocycles. The molecule has 0 bridgehead atoms. The molecule has 1 fully saturated rings. The van der Waals surface area contributed by atoms with Gasteiger partial charge in [0.15, 0.2) is 11.5 Å². The Hall–Kier alpha value is -4.96. The number of benzene rings is 4. The summed E-state index contributed by atoms with van der Waals surface area (Å²) in [6, 6.07) is 38.2. The van der Waals surface area contributed by atoms with Crippen LogP contribution in [0.15, 0.2) is 121 Å². The van der Waals surface area contributed by atoms with Crippen molar-refractivity contribution < 1.29 is 29.3 Å². The highest BCUT2D eigenvalue weighted by Gasteiger charge is 2.42. The number of carboxylic acid groups (broad SMARTS) is 2. The minimum atomic E-state index is -1.26. The molecule has 9 nitrogen and oxygen atoms in total. The molecule has 1 saturated heterocycles. The number of likely N-dealkylation sites (N-methyl/N-ethyl adjacent to an activating group) is 1. The van der Waals surface area contributed by atoms with Gasteiger partial charge < -0.3 is 25.0 Å². The first kappa shape index (κ1) is 37.9. The molecule has 0 aromatic heterocycles. The lowest BCUT2D eigenvalue weighted by atomic mass is 9.88. The highest BCUT2D eigenvalue weighted by atomic mass is 16.5. The van der Waals surface area contributed by atoms with Gasteiger partial charge in [-0.15, -0.1) is 0 Å². The summed E-state index contributed by atoms with van der Waals surface area (Å²) in [5, 5.41) is 19.2. The van der Waals surface area contributed by atoms with Crippen molar-refractivity contribution in [3.05, 3.63) is 144 Å². The van der Waals surface area contributed by atoms with E-state index in [2.05, 4.69) is 114 Å². The third-order valence-corrected chi connectivity index (χ3v) is 8.73. The molecule has 1 heterocycles. The summed E-state index contributed by atoms with van der Waals surface area (Å²) in [5.74, 6) is -0.947. The van der Waals surface area contributed by atoms with Gasteiger partial charge in [-0.2, -0.15) is 0 Å². The van der Waals surface area contributed by atoms with Crippen molar-refractivity contribution in [1.29, 1.82) is 0 Å². The van der Waals surface area contributed by atoms with Crippen LogP contribution in [0.5, 0.6) is 11.5 Å². The largest absolute Gasteiger partial charge is 0.485 e. The molecule has 1 aliphatic heterocycles. The van der Waals surface area contributed by atoms with Crippen molar-refractivity contribution in [2.45, 2.75) is 45.6 Å². The lowest BCUT2D eigenvalue weighted by molar-refractivity contribution is -0.134. The Bertz CT molecular complexity index is 1610. The van der Waals surface area contributed by atoms with Gasteiger partial charge in [0.2, 0.25) is 0 Å². The summed E-state index contributed by atoms with van der Waals surface area (Å²) in [4.78, 5) is 24.5. The maximum Gasteiger partial charge on any atom is 0.328 e. The lowest BCUT2D eigenvalue weighted by Gasteiger charge is -2.52. The average molecular weight is 680 g/mol.